The number of halogens is 1. The molecule has 0 aliphatic rings. The molecule has 2 aromatic rings. The Kier molecular flexibility index (Phi) is 5.55. The molecule has 1 heterocycles. The SMILES string of the molecule is CCCNC(Cc1ccc(F)cc1)Cc1cccs1. The summed E-state index contributed by atoms with van der Waals surface area (Å²) in [5, 5.41) is 5.70. The second-order valence-corrected chi connectivity index (χ2v) is 5.80. The quantitative estimate of drug-likeness (QED) is 0.805. The molecule has 0 saturated carbocycles. The Morgan fingerprint density at radius 2 is 1.95 bits per heavy atom. The molecule has 0 aliphatic carbocycles. The van der Waals surface area contributed by atoms with Crippen LogP contribution in [0.2, 0.25) is 0 Å². The fourth-order valence-electron chi connectivity index (χ4n) is 2.14. The molecule has 0 bridgehead atoms. The van der Waals surface area contributed by atoms with Crippen LogP contribution in [0.1, 0.15) is 23.8 Å². The topological polar surface area (TPSA) is 12.0 Å². The summed E-state index contributed by atoms with van der Waals surface area (Å²) in [5.41, 5.74) is 1.19. The van der Waals surface area contributed by atoms with Gasteiger partial charge in [0, 0.05) is 10.9 Å². The minimum atomic E-state index is -0.167. The van der Waals surface area contributed by atoms with Crippen molar-refractivity contribution >= 4 is 11.3 Å². The Morgan fingerprint density at radius 3 is 2.58 bits per heavy atom. The first-order chi connectivity index (χ1) is 9.28. The maximum atomic E-state index is 12.9. The molecular weight excluding hydrogens is 257 g/mol. The van der Waals surface area contributed by atoms with E-state index >= 15 is 0 Å². The molecule has 1 aromatic carbocycles. The predicted octanol–water partition coefficient (Wildman–Crippen LogP) is 4.04. The summed E-state index contributed by atoms with van der Waals surface area (Å²) < 4.78 is 12.9. The predicted molar refractivity (Wildman–Crippen MR) is 80.2 cm³/mol. The summed E-state index contributed by atoms with van der Waals surface area (Å²) >= 11 is 1.80. The van der Waals surface area contributed by atoms with Gasteiger partial charge in [-0.25, -0.2) is 4.39 Å². The van der Waals surface area contributed by atoms with Gasteiger partial charge in [0.05, 0.1) is 0 Å². The number of nitrogens with one attached hydrogen (secondary N) is 1. The van der Waals surface area contributed by atoms with Gasteiger partial charge in [-0.15, -0.1) is 11.3 Å². The Balaban J connectivity index is 1.98. The Labute approximate surface area is 118 Å². The van der Waals surface area contributed by atoms with Crippen LogP contribution in [0, 0.1) is 5.82 Å². The number of thiophene rings is 1. The lowest BCUT2D eigenvalue weighted by molar-refractivity contribution is 0.507. The van der Waals surface area contributed by atoms with Crippen LogP contribution in [0.5, 0.6) is 0 Å². The average Bonchev–Trinajstić information content (AvgIpc) is 2.91. The normalized spacial score (nSPS) is 12.5. The van der Waals surface area contributed by atoms with Crippen molar-refractivity contribution < 1.29 is 4.39 Å². The van der Waals surface area contributed by atoms with E-state index in [9.17, 15) is 4.39 Å². The number of hydrogen-bond acceptors (Lipinski definition) is 2. The van der Waals surface area contributed by atoms with Crippen LogP contribution in [-0.4, -0.2) is 12.6 Å². The molecule has 1 unspecified atom stereocenters. The van der Waals surface area contributed by atoms with Gasteiger partial charge in [0.25, 0.3) is 0 Å². The molecule has 1 N–H and O–H groups in total. The van der Waals surface area contributed by atoms with E-state index in [1.54, 1.807) is 11.3 Å². The highest BCUT2D eigenvalue weighted by atomic mass is 32.1. The zero-order valence-electron chi connectivity index (χ0n) is 11.2. The lowest BCUT2D eigenvalue weighted by Crippen LogP contribution is -2.33. The summed E-state index contributed by atoms with van der Waals surface area (Å²) in [6.07, 6.45) is 3.11. The van der Waals surface area contributed by atoms with Crippen LogP contribution in [-0.2, 0) is 12.8 Å². The number of benzene rings is 1. The second-order valence-electron chi connectivity index (χ2n) is 4.77. The first-order valence-corrected chi connectivity index (χ1v) is 7.66. The van der Waals surface area contributed by atoms with Crippen LogP contribution < -0.4 is 5.32 Å². The minimum absolute atomic E-state index is 0.167. The van der Waals surface area contributed by atoms with Crippen molar-refractivity contribution in [2.45, 2.75) is 32.2 Å². The molecule has 0 amide bonds. The van der Waals surface area contributed by atoms with E-state index < -0.39 is 0 Å². The Hall–Kier alpha value is -1.19. The van der Waals surface area contributed by atoms with Crippen molar-refractivity contribution in [3.63, 3.8) is 0 Å². The molecule has 0 saturated heterocycles. The average molecular weight is 277 g/mol. The zero-order valence-corrected chi connectivity index (χ0v) is 12.0. The minimum Gasteiger partial charge on any atom is -0.313 e. The van der Waals surface area contributed by atoms with Crippen LogP contribution in [0.3, 0.4) is 0 Å². The molecule has 1 nitrogen and oxygen atoms in total. The van der Waals surface area contributed by atoms with Crippen LogP contribution in [0.15, 0.2) is 41.8 Å². The molecule has 1 atom stereocenters. The lowest BCUT2D eigenvalue weighted by Gasteiger charge is -2.18. The van der Waals surface area contributed by atoms with Gasteiger partial charge in [0.2, 0.25) is 0 Å². The molecular formula is C16H20FNS. The van der Waals surface area contributed by atoms with Crippen LogP contribution >= 0.6 is 11.3 Å². The van der Waals surface area contributed by atoms with Gasteiger partial charge >= 0.3 is 0 Å². The van der Waals surface area contributed by atoms with Crippen molar-refractivity contribution in [2.24, 2.45) is 0 Å². The van der Waals surface area contributed by atoms with E-state index in [0.717, 1.165) is 25.8 Å². The van der Waals surface area contributed by atoms with Crippen molar-refractivity contribution in [2.75, 3.05) is 6.54 Å². The molecule has 3 heteroatoms. The van der Waals surface area contributed by atoms with E-state index in [1.165, 1.54) is 22.6 Å². The number of rotatable bonds is 7. The van der Waals surface area contributed by atoms with E-state index in [0.29, 0.717) is 6.04 Å². The van der Waals surface area contributed by atoms with Gasteiger partial charge in [0.1, 0.15) is 5.82 Å². The standard InChI is InChI=1S/C16H20FNS/c1-2-9-18-15(12-16-4-3-10-19-16)11-13-5-7-14(17)8-6-13/h3-8,10,15,18H,2,9,11-12H2,1H3. The lowest BCUT2D eigenvalue weighted by atomic mass is 10.0. The van der Waals surface area contributed by atoms with E-state index in [4.69, 9.17) is 0 Å². The van der Waals surface area contributed by atoms with Gasteiger partial charge in [-0.1, -0.05) is 25.1 Å². The van der Waals surface area contributed by atoms with E-state index in [-0.39, 0.29) is 5.82 Å². The molecule has 0 radical (unpaired) electrons. The molecule has 0 aliphatic heterocycles. The van der Waals surface area contributed by atoms with E-state index in [1.807, 2.05) is 12.1 Å². The Bertz CT molecular complexity index is 464. The highest BCUT2D eigenvalue weighted by Crippen LogP contribution is 2.14. The fraction of sp³-hybridized carbons (Fsp3) is 0.375. The third-order valence-corrected chi connectivity index (χ3v) is 4.00. The second kappa shape index (κ2) is 7.41. The Morgan fingerprint density at radius 1 is 1.16 bits per heavy atom. The molecule has 102 valence electrons. The van der Waals surface area contributed by atoms with Gasteiger partial charge in [-0.2, -0.15) is 0 Å². The molecule has 0 spiro atoms. The van der Waals surface area contributed by atoms with Crippen molar-refractivity contribution in [3.05, 3.63) is 58.0 Å². The summed E-state index contributed by atoms with van der Waals surface area (Å²) in [5.74, 6) is -0.167. The summed E-state index contributed by atoms with van der Waals surface area (Å²) in [6, 6.07) is 11.5. The van der Waals surface area contributed by atoms with Crippen molar-refractivity contribution in [3.8, 4) is 0 Å². The maximum Gasteiger partial charge on any atom is 0.123 e. The maximum absolute atomic E-state index is 12.9. The first kappa shape index (κ1) is 14.2. The molecule has 19 heavy (non-hydrogen) atoms. The van der Waals surface area contributed by atoms with E-state index in [2.05, 4.69) is 29.8 Å². The number of hydrogen-bond donors (Lipinski definition) is 1. The largest absolute Gasteiger partial charge is 0.313 e. The van der Waals surface area contributed by atoms with Crippen LogP contribution in [0.25, 0.3) is 0 Å². The zero-order chi connectivity index (χ0) is 13.5. The summed E-state index contributed by atoms with van der Waals surface area (Å²) in [6.45, 7) is 3.20. The van der Waals surface area contributed by atoms with Crippen molar-refractivity contribution in [1.82, 2.24) is 5.32 Å². The fourth-order valence-corrected chi connectivity index (χ4v) is 2.93. The smallest absolute Gasteiger partial charge is 0.123 e. The summed E-state index contributed by atoms with van der Waals surface area (Å²) in [4.78, 5) is 1.40. The summed E-state index contributed by atoms with van der Waals surface area (Å²) in [7, 11) is 0. The van der Waals surface area contributed by atoms with Gasteiger partial charge in [-0.05, 0) is 54.9 Å². The van der Waals surface area contributed by atoms with Gasteiger partial charge < -0.3 is 5.32 Å². The highest BCUT2D eigenvalue weighted by Gasteiger charge is 2.10. The van der Waals surface area contributed by atoms with Crippen molar-refractivity contribution in [1.29, 1.82) is 0 Å². The molecule has 1 aromatic heterocycles. The third kappa shape index (κ3) is 4.77. The highest BCUT2D eigenvalue weighted by molar-refractivity contribution is 7.09. The van der Waals surface area contributed by atoms with Gasteiger partial charge in [-0.3, -0.25) is 0 Å². The van der Waals surface area contributed by atoms with Gasteiger partial charge in [0.15, 0.2) is 0 Å². The third-order valence-electron chi connectivity index (χ3n) is 3.11. The monoisotopic (exact) mass is 277 g/mol. The first-order valence-electron chi connectivity index (χ1n) is 6.78. The van der Waals surface area contributed by atoms with Crippen LogP contribution in [0.4, 0.5) is 4.39 Å². The molecule has 2 rings (SSSR count). The molecule has 0 fully saturated rings.